The van der Waals surface area contributed by atoms with Crippen LogP contribution in [0.15, 0.2) is 41.3 Å². The summed E-state index contributed by atoms with van der Waals surface area (Å²) in [6.07, 6.45) is 0.532. The van der Waals surface area contributed by atoms with Gasteiger partial charge in [0.15, 0.2) is 0 Å². The predicted octanol–water partition coefficient (Wildman–Crippen LogP) is 3.02. The van der Waals surface area contributed by atoms with E-state index in [1.165, 1.54) is 20.3 Å². The van der Waals surface area contributed by atoms with E-state index in [1.54, 1.807) is 19.2 Å². The third-order valence-electron chi connectivity index (χ3n) is 4.65. The highest BCUT2D eigenvalue weighted by atomic mass is 32.2. The first kappa shape index (κ1) is 20.0. The molecule has 0 aliphatic heterocycles. The number of H-pyrrole nitrogens is 1. The standard InChI is InChI=1S/C20H24N2O5S/c1-13-16(17-11-14(25-2)5-7-18(17)22-13)9-10-21-28(23,24)20-12-15(26-3)6-8-19(20)27-4/h5-8,11-12,21-22H,9-10H2,1-4H3. The number of hydrogen-bond acceptors (Lipinski definition) is 5. The van der Waals surface area contributed by atoms with E-state index in [1.807, 2.05) is 25.1 Å². The molecule has 0 fully saturated rings. The van der Waals surface area contributed by atoms with Crippen molar-refractivity contribution in [3.63, 3.8) is 0 Å². The normalized spacial score (nSPS) is 11.6. The van der Waals surface area contributed by atoms with Crippen molar-refractivity contribution in [2.45, 2.75) is 18.2 Å². The van der Waals surface area contributed by atoms with E-state index < -0.39 is 10.0 Å². The third kappa shape index (κ3) is 3.93. The molecule has 7 nitrogen and oxygen atoms in total. The summed E-state index contributed by atoms with van der Waals surface area (Å²) >= 11 is 0. The van der Waals surface area contributed by atoms with Crippen LogP contribution >= 0.6 is 0 Å². The number of rotatable bonds is 8. The van der Waals surface area contributed by atoms with Crippen molar-refractivity contribution in [1.82, 2.24) is 9.71 Å². The molecule has 0 aliphatic carbocycles. The van der Waals surface area contributed by atoms with Gasteiger partial charge in [0.25, 0.3) is 0 Å². The van der Waals surface area contributed by atoms with Crippen LogP contribution in [0.5, 0.6) is 17.2 Å². The lowest BCUT2D eigenvalue weighted by Crippen LogP contribution is -2.26. The summed E-state index contributed by atoms with van der Waals surface area (Å²) in [6, 6.07) is 10.5. The van der Waals surface area contributed by atoms with E-state index in [4.69, 9.17) is 14.2 Å². The Bertz CT molecular complexity index is 1090. The topological polar surface area (TPSA) is 89.6 Å². The van der Waals surface area contributed by atoms with Crippen molar-refractivity contribution in [2.75, 3.05) is 27.9 Å². The molecule has 8 heteroatoms. The number of nitrogens with one attached hydrogen (secondary N) is 2. The van der Waals surface area contributed by atoms with Crippen molar-refractivity contribution in [1.29, 1.82) is 0 Å². The number of aromatic nitrogens is 1. The molecule has 1 heterocycles. The number of hydrogen-bond donors (Lipinski definition) is 2. The van der Waals surface area contributed by atoms with Gasteiger partial charge in [0, 0.05) is 29.2 Å². The minimum atomic E-state index is -3.76. The summed E-state index contributed by atoms with van der Waals surface area (Å²) in [4.78, 5) is 3.37. The summed E-state index contributed by atoms with van der Waals surface area (Å²) in [5.74, 6) is 1.47. The van der Waals surface area contributed by atoms with Crippen LogP contribution in [0.3, 0.4) is 0 Å². The monoisotopic (exact) mass is 404 g/mol. The van der Waals surface area contributed by atoms with Crippen LogP contribution in [0.4, 0.5) is 0 Å². The van der Waals surface area contributed by atoms with E-state index >= 15 is 0 Å². The van der Waals surface area contributed by atoms with Crippen LogP contribution in [-0.2, 0) is 16.4 Å². The third-order valence-corrected chi connectivity index (χ3v) is 6.14. The molecule has 0 unspecified atom stereocenters. The van der Waals surface area contributed by atoms with Gasteiger partial charge in [0.1, 0.15) is 22.1 Å². The molecular formula is C20H24N2O5S. The van der Waals surface area contributed by atoms with E-state index in [2.05, 4.69) is 9.71 Å². The lowest BCUT2D eigenvalue weighted by molar-refractivity contribution is 0.392. The van der Waals surface area contributed by atoms with Gasteiger partial charge < -0.3 is 19.2 Å². The molecule has 2 N–H and O–H groups in total. The predicted molar refractivity (Wildman–Crippen MR) is 108 cm³/mol. The van der Waals surface area contributed by atoms with E-state index in [0.717, 1.165) is 27.9 Å². The molecule has 0 aliphatic rings. The van der Waals surface area contributed by atoms with E-state index in [9.17, 15) is 8.42 Å². The maximum Gasteiger partial charge on any atom is 0.244 e. The highest BCUT2D eigenvalue weighted by Crippen LogP contribution is 2.29. The Kier molecular flexibility index (Phi) is 5.81. The lowest BCUT2D eigenvalue weighted by atomic mass is 10.1. The maximum atomic E-state index is 12.8. The number of aromatic amines is 1. The average Bonchev–Trinajstić information content (AvgIpc) is 3.01. The molecule has 1 aromatic heterocycles. The summed E-state index contributed by atoms with van der Waals surface area (Å²) < 4.78 is 43.8. The second-order valence-electron chi connectivity index (χ2n) is 6.30. The minimum absolute atomic E-state index is 0.0478. The summed E-state index contributed by atoms with van der Waals surface area (Å²) in [5, 5.41) is 1.02. The van der Waals surface area contributed by atoms with Gasteiger partial charge >= 0.3 is 0 Å². The smallest absolute Gasteiger partial charge is 0.244 e. The first-order valence-electron chi connectivity index (χ1n) is 8.76. The van der Waals surface area contributed by atoms with Gasteiger partial charge in [-0.1, -0.05) is 0 Å². The molecule has 0 bridgehead atoms. The first-order chi connectivity index (χ1) is 13.4. The fourth-order valence-corrected chi connectivity index (χ4v) is 4.41. The zero-order valence-corrected chi connectivity index (χ0v) is 17.1. The minimum Gasteiger partial charge on any atom is -0.497 e. The van der Waals surface area contributed by atoms with Crippen LogP contribution in [0.1, 0.15) is 11.3 Å². The van der Waals surface area contributed by atoms with Crippen molar-refractivity contribution >= 4 is 20.9 Å². The number of fused-ring (bicyclic) bond motifs is 1. The molecule has 0 spiro atoms. The Hall–Kier alpha value is -2.71. The fraction of sp³-hybridized carbons (Fsp3) is 0.300. The van der Waals surface area contributed by atoms with Crippen molar-refractivity contribution in [3.05, 3.63) is 47.7 Å². The lowest BCUT2D eigenvalue weighted by Gasteiger charge is -2.12. The molecule has 2 aromatic carbocycles. The largest absolute Gasteiger partial charge is 0.497 e. The number of methoxy groups -OCH3 is 3. The van der Waals surface area contributed by atoms with E-state index in [-0.39, 0.29) is 17.2 Å². The van der Waals surface area contributed by atoms with Crippen LogP contribution in [-0.4, -0.2) is 41.3 Å². The molecule has 3 aromatic rings. The highest BCUT2D eigenvalue weighted by Gasteiger charge is 2.20. The summed E-state index contributed by atoms with van der Waals surface area (Å²) in [6.45, 7) is 2.22. The van der Waals surface area contributed by atoms with Crippen molar-refractivity contribution in [2.24, 2.45) is 0 Å². The van der Waals surface area contributed by atoms with E-state index in [0.29, 0.717) is 12.2 Å². The van der Waals surface area contributed by atoms with Gasteiger partial charge in [-0.05, 0) is 49.2 Å². The number of ether oxygens (including phenoxy) is 3. The zero-order chi connectivity index (χ0) is 20.3. The quantitative estimate of drug-likeness (QED) is 0.602. The molecule has 0 amide bonds. The molecule has 0 radical (unpaired) electrons. The van der Waals surface area contributed by atoms with Crippen LogP contribution < -0.4 is 18.9 Å². The Morgan fingerprint density at radius 2 is 1.64 bits per heavy atom. The second-order valence-corrected chi connectivity index (χ2v) is 8.04. The average molecular weight is 404 g/mol. The van der Waals surface area contributed by atoms with Gasteiger partial charge in [0.2, 0.25) is 10.0 Å². The Balaban J connectivity index is 1.81. The highest BCUT2D eigenvalue weighted by molar-refractivity contribution is 7.89. The van der Waals surface area contributed by atoms with Crippen molar-refractivity contribution in [3.8, 4) is 17.2 Å². The number of benzene rings is 2. The van der Waals surface area contributed by atoms with Crippen LogP contribution in [0.2, 0.25) is 0 Å². The summed E-state index contributed by atoms with van der Waals surface area (Å²) in [5.41, 5.74) is 3.04. The maximum absolute atomic E-state index is 12.8. The van der Waals surface area contributed by atoms with Crippen LogP contribution in [0, 0.1) is 6.92 Å². The van der Waals surface area contributed by atoms with Gasteiger partial charge in [0.05, 0.1) is 21.3 Å². The molecule has 28 heavy (non-hydrogen) atoms. The van der Waals surface area contributed by atoms with Gasteiger partial charge in [-0.25, -0.2) is 13.1 Å². The number of aryl methyl sites for hydroxylation is 1. The molecule has 3 rings (SSSR count). The molecular weight excluding hydrogens is 380 g/mol. The molecule has 0 saturated heterocycles. The zero-order valence-electron chi connectivity index (χ0n) is 16.3. The second kappa shape index (κ2) is 8.12. The van der Waals surface area contributed by atoms with Crippen molar-refractivity contribution < 1.29 is 22.6 Å². The van der Waals surface area contributed by atoms with Gasteiger partial charge in [-0.2, -0.15) is 0 Å². The Morgan fingerprint density at radius 3 is 2.32 bits per heavy atom. The SMILES string of the molecule is COc1ccc(OC)c(S(=O)(=O)NCCc2c(C)[nH]c3ccc(OC)cc23)c1. The van der Waals surface area contributed by atoms with Crippen LogP contribution in [0.25, 0.3) is 10.9 Å². The Labute approximate surface area is 164 Å². The molecule has 0 atom stereocenters. The first-order valence-corrected chi connectivity index (χ1v) is 10.2. The Morgan fingerprint density at radius 1 is 0.964 bits per heavy atom. The van der Waals surface area contributed by atoms with Gasteiger partial charge in [-0.3, -0.25) is 0 Å². The van der Waals surface area contributed by atoms with Gasteiger partial charge in [-0.15, -0.1) is 0 Å². The molecule has 150 valence electrons. The molecule has 0 saturated carbocycles. The summed E-state index contributed by atoms with van der Waals surface area (Å²) in [7, 11) is 0.783. The number of sulfonamides is 1. The fourth-order valence-electron chi connectivity index (χ4n) is 3.19.